The van der Waals surface area contributed by atoms with Gasteiger partial charge in [-0.1, -0.05) is 89.0 Å². The van der Waals surface area contributed by atoms with Crippen LogP contribution in [0.1, 0.15) is 75.3 Å². The number of unbranched alkanes of at least 4 members (excludes halogenated alkanes) is 1. The van der Waals surface area contributed by atoms with Crippen LogP contribution < -0.4 is 26.0 Å². The van der Waals surface area contributed by atoms with E-state index in [1.165, 1.54) is 68.4 Å². The average molecular weight is 481 g/mol. The Morgan fingerprint density at radius 1 is 0.703 bits per heavy atom. The molecule has 0 N–H and O–H groups in total. The molecule has 0 unspecified atom stereocenters. The molecule has 0 amide bonds. The van der Waals surface area contributed by atoms with Crippen LogP contribution >= 0.6 is 0 Å². The number of aryl methyl sites for hydroxylation is 1. The van der Waals surface area contributed by atoms with Gasteiger partial charge in [0.2, 0.25) is 6.71 Å². The van der Waals surface area contributed by atoms with Crippen molar-refractivity contribution in [1.82, 2.24) is 0 Å². The maximum Gasteiger partial charge on any atom is 0.248 e. The summed E-state index contributed by atoms with van der Waals surface area (Å²) in [6, 6.07) is 25.2. The number of rotatable bonds is 3. The van der Waals surface area contributed by atoms with Crippen molar-refractivity contribution in [2.45, 2.75) is 64.7 Å². The van der Waals surface area contributed by atoms with Crippen LogP contribution in [-0.4, -0.2) is 6.71 Å². The summed E-state index contributed by atoms with van der Waals surface area (Å²) in [5, 5.41) is 0. The maximum atomic E-state index is 6.61. The molecule has 0 saturated carbocycles. The largest absolute Gasteiger partial charge is 0.453 e. The van der Waals surface area contributed by atoms with Gasteiger partial charge in [-0.3, -0.25) is 0 Å². The van der Waals surface area contributed by atoms with E-state index in [0.29, 0.717) is 0 Å². The molecule has 8 rings (SSSR count). The zero-order chi connectivity index (χ0) is 25.3. The number of fused-ring (bicyclic) bond motifs is 3. The second kappa shape index (κ2) is 6.89. The highest BCUT2D eigenvalue weighted by atomic mass is 16.5. The van der Waals surface area contributed by atoms with E-state index < -0.39 is 0 Å². The van der Waals surface area contributed by atoms with Gasteiger partial charge in [0.05, 0.1) is 11.4 Å². The summed E-state index contributed by atoms with van der Waals surface area (Å²) in [5.74, 6) is 1.91. The smallest absolute Gasteiger partial charge is 0.248 e. The van der Waals surface area contributed by atoms with Crippen LogP contribution in [-0.2, 0) is 17.3 Å². The standard InChI is InChI=1S/C34H32BNO/c1-6-7-11-20-18-24-30-26(19-20)36-25-14-8-9-15-27(25)37-28-17-16-23-31(32(28)36)35(30)29-21(33(23,2)3)12-10-13-22(29)34(24,4)5/h8-10,12-19H,6-7,11H2,1-5H3. The molecule has 0 aromatic heterocycles. The lowest BCUT2D eigenvalue weighted by atomic mass is 9.26. The fourth-order valence-corrected chi connectivity index (χ4v) is 7.87. The third-order valence-corrected chi connectivity index (χ3v) is 9.67. The van der Waals surface area contributed by atoms with Gasteiger partial charge in [-0.05, 0) is 75.8 Å². The Morgan fingerprint density at radius 3 is 2.22 bits per heavy atom. The van der Waals surface area contributed by atoms with E-state index in [1.54, 1.807) is 0 Å². The van der Waals surface area contributed by atoms with Crippen molar-refractivity contribution in [3.05, 3.63) is 94.5 Å². The second-order valence-corrected chi connectivity index (χ2v) is 12.4. The van der Waals surface area contributed by atoms with Gasteiger partial charge in [-0.15, -0.1) is 0 Å². The number of anilines is 3. The zero-order valence-corrected chi connectivity index (χ0v) is 22.4. The second-order valence-electron chi connectivity index (χ2n) is 12.4. The van der Waals surface area contributed by atoms with Crippen LogP contribution in [0, 0.1) is 0 Å². The van der Waals surface area contributed by atoms with E-state index in [9.17, 15) is 0 Å². The van der Waals surface area contributed by atoms with E-state index in [4.69, 9.17) is 4.74 Å². The summed E-state index contributed by atoms with van der Waals surface area (Å²) in [4.78, 5) is 2.54. The number of hydrogen-bond donors (Lipinski definition) is 0. The van der Waals surface area contributed by atoms with Crippen LogP contribution in [0.5, 0.6) is 11.5 Å². The van der Waals surface area contributed by atoms with Gasteiger partial charge in [0.25, 0.3) is 0 Å². The lowest BCUT2D eigenvalue weighted by Gasteiger charge is -2.52. The highest BCUT2D eigenvalue weighted by Gasteiger charge is 2.54. The molecule has 0 bridgehead atoms. The summed E-state index contributed by atoms with van der Waals surface area (Å²) < 4.78 is 6.61. The minimum absolute atomic E-state index is 0.0668. The first-order chi connectivity index (χ1) is 17.8. The SMILES string of the molecule is CCCCc1cc2c3c(c1)C(C)(C)c1cccc4c1B3c1c(ccc3c1N2c1ccccc1O3)C4(C)C. The monoisotopic (exact) mass is 481 g/mol. The van der Waals surface area contributed by atoms with Crippen molar-refractivity contribution in [1.29, 1.82) is 0 Å². The van der Waals surface area contributed by atoms with E-state index in [-0.39, 0.29) is 17.5 Å². The lowest BCUT2D eigenvalue weighted by molar-refractivity contribution is 0.476. The van der Waals surface area contributed by atoms with Gasteiger partial charge in [0.15, 0.2) is 11.5 Å². The van der Waals surface area contributed by atoms with E-state index in [2.05, 4.69) is 106 Å². The molecular formula is C34H32BNO. The maximum absolute atomic E-state index is 6.61. The molecule has 0 radical (unpaired) electrons. The van der Waals surface area contributed by atoms with Crippen molar-refractivity contribution >= 4 is 40.2 Å². The number of para-hydroxylation sites is 2. The average Bonchev–Trinajstić information content (AvgIpc) is 2.90. The lowest BCUT2D eigenvalue weighted by Crippen LogP contribution is -2.69. The van der Waals surface area contributed by atoms with Crippen molar-refractivity contribution in [2.24, 2.45) is 0 Å². The molecule has 4 heterocycles. The number of hydrogen-bond acceptors (Lipinski definition) is 2. The minimum atomic E-state index is -0.0823. The Morgan fingerprint density at radius 2 is 1.43 bits per heavy atom. The van der Waals surface area contributed by atoms with E-state index in [0.717, 1.165) is 23.6 Å². The summed E-state index contributed by atoms with van der Waals surface area (Å²) in [7, 11) is 0. The van der Waals surface area contributed by atoms with Gasteiger partial charge >= 0.3 is 0 Å². The van der Waals surface area contributed by atoms with Gasteiger partial charge in [0.1, 0.15) is 0 Å². The Balaban J connectivity index is 1.56. The van der Waals surface area contributed by atoms with Gasteiger partial charge in [-0.25, -0.2) is 0 Å². The number of benzene rings is 4. The molecule has 4 aliphatic rings. The first-order valence-electron chi connectivity index (χ1n) is 13.9. The van der Waals surface area contributed by atoms with E-state index >= 15 is 0 Å². The third-order valence-electron chi connectivity index (χ3n) is 9.67. The normalized spacial score (nSPS) is 17.6. The predicted molar refractivity (Wildman–Crippen MR) is 155 cm³/mol. The zero-order valence-electron chi connectivity index (χ0n) is 22.4. The van der Waals surface area contributed by atoms with Crippen molar-refractivity contribution < 1.29 is 4.74 Å². The van der Waals surface area contributed by atoms with Crippen molar-refractivity contribution in [2.75, 3.05) is 4.90 Å². The summed E-state index contributed by atoms with van der Waals surface area (Å²) in [6.45, 7) is 12.2. The molecule has 4 aliphatic heterocycles. The summed E-state index contributed by atoms with van der Waals surface area (Å²) in [5.41, 5.74) is 15.4. The van der Waals surface area contributed by atoms with Crippen LogP contribution in [0.3, 0.4) is 0 Å². The third kappa shape index (κ3) is 2.48. The summed E-state index contributed by atoms with van der Waals surface area (Å²) in [6.07, 6.45) is 3.53. The first-order valence-corrected chi connectivity index (χ1v) is 13.9. The Labute approximate surface area is 220 Å². The molecule has 4 aromatic carbocycles. The van der Waals surface area contributed by atoms with Crippen molar-refractivity contribution in [3.8, 4) is 11.5 Å². The fraction of sp³-hybridized carbons (Fsp3) is 0.294. The van der Waals surface area contributed by atoms with Gasteiger partial charge in [0, 0.05) is 16.5 Å². The molecule has 2 nitrogen and oxygen atoms in total. The minimum Gasteiger partial charge on any atom is -0.453 e. The molecule has 4 aromatic rings. The molecule has 37 heavy (non-hydrogen) atoms. The highest BCUT2D eigenvalue weighted by molar-refractivity contribution is 7.00. The first kappa shape index (κ1) is 21.6. The van der Waals surface area contributed by atoms with Gasteiger partial charge in [-0.2, -0.15) is 0 Å². The quantitative estimate of drug-likeness (QED) is 0.261. The molecule has 0 spiro atoms. The van der Waals surface area contributed by atoms with Crippen LogP contribution in [0.25, 0.3) is 0 Å². The molecule has 0 fully saturated rings. The predicted octanol–water partition coefficient (Wildman–Crippen LogP) is 6.71. The molecule has 0 saturated heterocycles. The highest BCUT2D eigenvalue weighted by Crippen LogP contribution is 2.55. The molecule has 0 atom stereocenters. The van der Waals surface area contributed by atoms with E-state index in [1.807, 2.05) is 0 Å². The number of ether oxygens (including phenoxy) is 1. The Kier molecular flexibility index (Phi) is 4.03. The Bertz CT molecular complexity index is 1660. The fourth-order valence-electron chi connectivity index (χ4n) is 7.87. The molecule has 3 heteroatoms. The van der Waals surface area contributed by atoms with Crippen LogP contribution in [0.15, 0.2) is 66.7 Å². The Hall–Kier alpha value is -3.46. The topological polar surface area (TPSA) is 12.5 Å². The van der Waals surface area contributed by atoms with Crippen LogP contribution in [0.4, 0.5) is 17.1 Å². The van der Waals surface area contributed by atoms with Gasteiger partial charge < -0.3 is 9.64 Å². The summed E-state index contributed by atoms with van der Waals surface area (Å²) >= 11 is 0. The molecule has 182 valence electrons. The number of nitrogens with zero attached hydrogens (tertiary/aromatic N) is 1. The van der Waals surface area contributed by atoms with Crippen LogP contribution in [0.2, 0.25) is 0 Å². The van der Waals surface area contributed by atoms with Crippen molar-refractivity contribution in [3.63, 3.8) is 0 Å². The molecule has 0 aliphatic carbocycles. The molecular weight excluding hydrogens is 449 g/mol.